The van der Waals surface area contributed by atoms with Crippen LogP contribution in [0.15, 0.2) is 29.1 Å². The molecule has 2 heterocycles. The Labute approximate surface area is 138 Å². The van der Waals surface area contributed by atoms with Gasteiger partial charge in [-0.25, -0.2) is 9.07 Å². The van der Waals surface area contributed by atoms with Crippen molar-refractivity contribution < 1.29 is 4.39 Å². The summed E-state index contributed by atoms with van der Waals surface area (Å²) in [5.74, 6) is 0.412. The second-order valence-corrected chi connectivity index (χ2v) is 6.09. The zero-order valence-corrected chi connectivity index (χ0v) is 14.2. The van der Waals surface area contributed by atoms with E-state index < -0.39 is 6.67 Å². The molecule has 0 unspecified atom stereocenters. The van der Waals surface area contributed by atoms with Gasteiger partial charge in [-0.1, -0.05) is 29.8 Å². The number of anilines is 1. The summed E-state index contributed by atoms with van der Waals surface area (Å²) >= 11 is 0. The van der Waals surface area contributed by atoms with Crippen LogP contribution in [-0.2, 0) is 6.67 Å². The highest BCUT2D eigenvalue weighted by Crippen LogP contribution is 2.24. The van der Waals surface area contributed by atoms with Gasteiger partial charge in [0.15, 0.2) is 5.65 Å². The molecule has 0 aliphatic carbocycles. The summed E-state index contributed by atoms with van der Waals surface area (Å²) in [4.78, 5) is 21.2. The molecular formula is C17H20FN5O. The molecule has 24 heavy (non-hydrogen) atoms. The zero-order chi connectivity index (χ0) is 17.4. The SMILES string of the molecule is Cc1ccc([C@H](C)n2nc(CF)c3c(=O)[nH]c(N(C)C)nc32)cc1. The molecule has 0 spiro atoms. The van der Waals surface area contributed by atoms with E-state index >= 15 is 0 Å². The van der Waals surface area contributed by atoms with Crippen LogP contribution in [0.2, 0.25) is 0 Å². The first-order chi connectivity index (χ1) is 11.4. The number of hydrogen-bond donors (Lipinski definition) is 1. The number of aryl methyl sites for hydroxylation is 1. The number of hydrogen-bond acceptors (Lipinski definition) is 4. The van der Waals surface area contributed by atoms with Crippen molar-refractivity contribution in [1.82, 2.24) is 19.7 Å². The Morgan fingerprint density at radius 3 is 2.54 bits per heavy atom. The second-order valence-electron chi connectivity index (χ2n) is 6.09. The van der Waals surface area contributed by atoms with Gasteiger partial charge in [0.2, 0.25) is 5.95 Å². The lowest BCUT2D eigenvalue weighted by atomic mass is 10.1. The number of rotatable bonds is 4. The van der Waals surface area contributed by atoms with Crippen molar-refractivity contribution >= 4 is 17.0 Å². The first-order valence-corrected chi connectivity index (χ1v) is 7.73. The average molecular weight is 329 g/mol. The fourth-order valence-electron chi connectivity index (χ4n) is 2.66. The highest BCUT2D eigenvalue weighted by atomic mass is 19.1. The van der Waals surface area contributed by atoms with Crippen molar-refractivity contribution in [3.8, 4) is 0 Å². The van der Waals surface area contributed by atoms with E-state index in [9.17, 15) is 9.18 Å². The van der Waals surface area contributed by atoms with Gasteiger partial charge in [-0.05, 0) is 19.4 Å². The zero-order valence-electron chi connectivity index (χ0n) is 14.2. The van der Waals surface area contributed by atoms with Gasteiger partial charge in [0.05, 0.1) is 6.04 Å². The van der Waals surface area contributed by atoms with Crippen molar-refractivity contribution in [1.29, 1.82) is 0 Å². The molecule has 0 radical (unpaired) electrons. The van der Waals surface area contributed by atoms with Crippen molar-refractivity contribution in [2.45, 2.75) is 26.6 Å². The molecule has 6 nitrogen and oxygen atoms in total. The van der Waals surface area contributed by atoms with Crippen molar-refractivity contribution in [3.63, 3.8) is 0 Å². The minimum Gasteiger partial charge on any atom is -0.348 e. The fourth-order valence-corrected chi connectivity index (χ4v) is 2.66. The van der Waals surface area contributed by atoms with Gasteiger partial charge in [0, 0.05) is 14.1 Å². The molecule has 0 amide bonds. The Bertz CT molecular complexity index is 927. The van der Waals surface area contributed by atoms with Crippen molar-refractivity contribution in [2.24, 2.45) is 0 Å². The summed E-state index contributed by atoms with van der Waals surface area (Å²) in [6.45, 7) is 3.16. The number of halogens is 1. The van der Waals surface area contributed by atoms with Crippen LogP contribution in [0.4, 0.5) is 10.3 Å². The van der Waals surface area contributed by atoms with Crippen LogP contribution in [0.1, 0.15) is 29.8 Å². The van der Waals surface area contributed by atoms with Gasteiger partial charge < -0.3 is 4.90 Å². The van der Waals surface area contributed by atoms with Crippen LogP contribution < -0.4 is 10.5 Å². The summed E-state index contributed by atoms with van der Waals surface area (Å²) in [6.07, 6.45) is 0. The number of aromatic amines is 1. The van der Waals surface area contributed by atoms with Crippen LogP contribution in [-0.4, -0.2) is 33.8 Å². The summed E-state index contributed by atoms with van der Waals surface area (Å²) in [6, 6.07) is 7.86. The molecule has 7 heteroatoms. The molecule has 0 saturated heterocycles. The van der Waals surface area contributed by atoms with Crippen LogP contribution in [0.3, 0.4) is 0 Å². The van der Waals surface area contributed by atoms with Crippen molar-refractivity contribution in [2.75, 3.05) is 19.0 Å². The smallest absolute Gasteiger partial charge is 0.263 e. The van der Waals surface area contributed by atoms with Crippen LogP contribution in [0.5, 0.6) is 0 Å². The standard InChI is InChI=1S/C17H20FN5O/c1-10-5-7-12(8-6-10)11(2)23-15-14(13(9-18)21-23)16(24)20-17(19-15)22(3)4/h5-8,11H,9H2,1-4H3,(H,19,20,24)/t11-/m0/s1. The van der Waals surface area contributed by atoms with E-state index in [1.807, 2.05) is 38.1 Å². The first-order valence-electron chi connectivity index (χ1n) is 7.73. The maximum absolute atomic E-state index is 13.4. The van der Waals surface area contributed by atoms with Gasteiger partial charge in [-0.3, -0.25) is 9.78 Å². The van der Waals surface area contributed by atoms with Gasteiger partial charge in [-0.15, -0.1) is 0 Å². The van der Waals surface area contributed by atoms with E-state index in [0.717, 1.165) is 11.1 Å². The molecule has 2 aromatic heterocycles. The van der Waals surface area contributed by atoms with E-state index in [0.29, 0.717) is 11.6 Å². The number of fused-ring (bicyclic) bond motifs is 1. The predicted octanol–water partition coefficient (Wildman–Crippen LogP) is 2.57. The fraction of sp³-hybridized carbons (Fsp3) is 0.353. The topological polar surface area (TPSA) is 66.8 Å². The van der Waals surface area contributed by atoms with E-state index in [1.54, 1.807) is 23.7 Å². The molecular weight excluding hydrogens is 309 g/mol. The van der Waals surface area contributed by atoms with Crippen LogP contribution in [0, 0.1) is 6.92 Å². The van der Waals surface area contributed by atoms with Crippen molar-refractivity contribution in [3.05, 3.63) is 51.4 Å². The van der Waals surface area contributed by atoms with Crippen LogP contribution in [0.25, 0.3) is 11.0 Å². The molecule has 3 aromatic rings. The number of aromatic nitrogens is 4. The molecule has 126 valence electrons. The molecule has 0 bridgehead atoms. The van der Waals surface area contributed by atoms with Gasteiger partial charge in [-0.2, -0.15) is 10.1 Å². The molecule has 3 rings (SSSR count). The monoisotopic (exact) mass is 329 g/mol. The highest BCUT2D eigenvalue weighted by molar-refractivity contribution is 5.78. The average Bonchev–Trinajstić information content (AvgIpc) is 2.94. The van der Waals surface area contributed by atoms with Crippen LogP contribution >= 0.6 is 0 Å². The maximum Gasteiger partial charge on any atom is 0.263 e. The number of nitrogens with one attached hydrogen (secondary N) is 1. The first kappa shape index (κ1) is 16.2. The van der Waals surface area contributed by atoms with E-state index in [1.165, 1.54) is 0 Å². The summed E-state index contributed by atoms with van der Waals surface area (Å²) in [5, 5.41) is 4.52. The summed E-state index contributed by atoms with van der Waals surface area (Å²) < 4.78 is 15.0. The molecule has 0 fully saturated rings. The summed E-state index contributed by atoms with van der Waals surface area (Å²) in [5.41, 5.74) is 2.30. The Morgan fingerprint density at radius 1 is 1.29 bits per heavy atom. The van der Waals surface area contributed by atoms with E-state index in [2.05, 4.69) is 15.1 Å². The lowest BCUT2D eigenvalue weighted by Crippen LogP contribution is -2.20. The lowest BCUT2D eigenvalue weighted by molar-refractivity contribution is 0.465. The normalized spacial score (nSPS) is 12.5. The third kappa shape index (κ3) is 2.66. The minimum atomic E-state index is -0.809. The quantitative estimate of drug-likeness (QED) is 0.799. The minimum absolute atomic E-state index is 0.114. The molecule has 1 aromatic carbocycles. The largest absolute Gasteiger partial charge is 0.348 e. The van der Waals surface area contributed by atoms with Gasteiger partial charge >= 0.3 is 0 Å². The van der Waals surface area contributed by atoms with Gasteiger partial charge in [0.1, 0.15) is 17.8 Å². The molecule has 1 atom stereocenters. The van der Waals surface area contributed by atoms with E-state index in [4.69, 9.17) is 0 Å². The number of H-pyrrole nitrogens is 1. The predicted molar refractivity (Wildman–Crippen MR) is 92.3 cm³/mol. The molecule has 0 aliphatic heterocycles. The Hall–Kier alpha value is -2.70. The lowest BCUT2D eigenvalue weighted by Gasteiger charge is -2.15. The molecule has 0 saturated carbocycles. The Morgan fingerprint density at radius 2 is 1.96 bits per heavy atom. The molecule has 0 aliphatic rings. The molecule has 1 N–H and O–H groups in total. The third-order valence-corrected chi connectivity index (χ3v) is 4.10. The maximum atomic E-state index is 13.4. The van der Waals surface area contributed by atoms with E-state index in [-0.39, 0.29) is 22.7 Å². The Kier molecular flexibility index (Phi) is 4.09. The van der Waals surface area contributed by atoms with Gasteiger partial charge in [0.25, 0.3) is 5.56 Å². The third-order valence-electron chi connectivity index (χ3n) is 4.10. The summed E-state index contributed by atoms with van der Waals surface area (Å²) in [7, 11) is 3.56. The highest BCUT2D eigenvalue weighted by Gasteiger charge is 2.21. The number of nitrogens with zero attached hydrogens (tertiary/aromatic N) is 4. The Balaban J connectivity index is 2.23. The second kappa shape index (κ2) is 6.07. The number of alkyl halides is 1. The number of benzene rings is 1.